The van der Waals surface area contributed by atoms with Gasteiger partial charge in [-0.15, -0.1) is 0 Å². The van der Waals surface area contributed by atoms with Crippen molar-refractivity contribution in [2.45, 2.75) is 25.3 Å². The van der Waals surface area contributed by atoms with Crippen LogP contribution in [0.3, 0.4) is 0 Å². The monoisotopic (exact) mass is 292 g/mol. The van der Waals surface area contributed by atoms with E-state index in [9.17, 15) is 4.79 Å². The molecule has 0 bridgehead atoms. The maximum absolute atomic E-state index is 11.1. The van der Waals surface area contributed by atoms with E-state index in [0.717, 1.165) is 24.4 Å². The molecule has 1 amide bonds. The van der Waals surface area contributed by atoms with Gasteiger partial charge in [0.25, 0.3) is 0 Å². The van der Waals surface area contributed by atoms with Gasteiger partial charge in [0, 0.05) is 11.6 Å². The standard InChI is InChI=1S/C13H13ClN4O2/c14-10-5-8(3-4-9(10)12(15)19)16-6-11-17-13(18-20-11)7-1-2-7/h3-5,7,16H,1-2,6H2,(H2,15,19). The van der Waals surface area contributed by atoms with E-state index in [2.05, 4.69) is 15.5 Å². The molecule has 1 aromatic heterocycles. The molecule has 0 spiro atoms. The van der Waals surface area contributed by atoms with Gasteiger partial charge in [0.15, 0.2) is 5.82 Å². The minimum atomic E-state index is -0.549. The van der Waals surface area contributed by atoms with Gasteiger partial charge >= 0.3 is 0 Å². The first kappa shape index (κ1) is 12.9. The number of nitrogens with zero attached hydrogens (tertiary/aromatic N) is 2. The first-order chi connectivity index (χ1) is 9.63. The number of halogens is 1. The molecule has 0 aliphatic heterocycles. The van der Waals surface area contributed by atoms with Gasteiger partial charge in [0.1, 0.15) is 0 Å². The van der Waals surface area contributed by atoms with E-state index in [4.69, 9.17) is 21.9 Å². The van der Waals surface area contributed by atoms with Crippen molar-refractivity contribution in [3.05, 3.63) is 40.5 Å². The Morgan fingerprint density at radius 2 is 2.30 bits per heavy atom. The van der Waals surface area contributed by atoms with Gasteiger partial charge in [-0.05, 0) is 31.0 Å². The van der Waals surface area contributed by atoms with Crippen LogP contribution in [0.2, 0.25) is 5.02 Å². The first-order valence-electron chi connectivity index (χ1n) is 6.29. The number of nitrogens with two attached hydrogens (primary N) is 1. The fourth-order valence-corrected chi connectivity index (χ4v) is 2.12. The third-order valence-electron chi connectivity index (χ3n) is 3.10. The second-order valence-electron chi connectivity index (χ2n) is 4.73. The van der Waals surface area contributed by atoms with Crippen LogP contribution in [0, 0.1) is 0 Å². The Morgan fingerprint density at radius 1 is 1.50 bits per heavy atom. The fourth-order valence-electron chi connectivity index (χ4n) is 1.85. The molecule has 1 heterocycles. The normalized spacial score (nSPS) is 14.2. The maximum Gasteiger partial charge on any atom is 0.250 e. The third-order valence-corrected chi connectivity index (χ3v) is 3.42. The summed E-state index contributed by atoms with van der Waals surface area (Å²) in [6.45, 7) is 0.409. The highest BCUT2D eigenvalue weighted by Gasteiger charge is 2.28. The lowest BCUT2D eigenvalue weighted by atomic mass is 10.2. The van der Waals surface area contributed by atoms with E-state index >= 15 is 0 Å². The Labute approximate surface area is 120 Å². The van der Waals surface area contributed by atoms with Gasteiger partial charge in [0.05, 0.1) is 17.1 Å². The number of amides is 1. The molecule has 6 nitrogen and oxygen atoms in total. The molecule has 3 rings (SSSR count). The number of aromatic nitrogens is 2. The average molecular weight is 293 g/mol. The van der Waals surface area contributed by atoms with Crippen LogP contribution >= 0.6 is 11.6 Å². The van der Waals surface area contributed by atoms with Crippen LogP contribution in [0.25, 0.3) is 0 Å². The molecule has 0 radical (unpaired) electrons. The van der Waals surface area contributed by atoms with E-state index in [1.165, 1.54) is 0 Å². The van der Waals surface area contributed by atoms with E-state index in [1.807, 2.05) is 0 Å². The Balaban J connectivity index is 1.65. The van der Waals surface area contributed by atoms with E-state index in [0.29, 0.717) is 28.9 Å². The van der Waals surface area contributed by atoms with Gasteiger partial charge < -0.3 is 15.6 Å². The van der Waals surface area contributed by atoms with Crippen LogP contribution in [0.4, 0.5) is 5.69 Å². The Kier molecular flexibility index (Phi) is 3.31. The highest BCUT2D eigenvalue weighted by Crippen LogP contribution is 2.38. The zero-order chi connectivity index (χ0) is 14.1. The minimum Gasteiger partial charge on any atom is -0.376 e. The fraction of sp³-hybridized carbons (Fsp3) is 0.308. The summed E-state index contributed by atoms with van der Waals surface area (Å²) in [4.78, 5) is 15.4. The van der Waals surface area contributed by atoms with E-state index < -0.39 is 5.91 Å². The summed E-state index contributed by atoms with van der Waals surface area (Å²) in [6, 6.07) is 4.94. The predicted molar refractivity (Wildman–Crippen MR) is 73.6 cm³/mol. The molecule has 1 aromatic carbocycles. The van der Waals surface area contributed by atoms with Gasteiger partial charge in [-0.2, -0.15) is 4.98 Å². The van der Waals surface area contributed by atoms with Crippen molar-refractivity contribution in [2.75, 3.05) is 5.32 Å². The lowest BCUT2D eigenvalue weighted by Gasteiger charge is -2.05. The molecule has 2 aromatic rings. The van der Waals surface area contributed by atoms with Crippen molar-refractivity contribution < 1.29 is 9.32 Å². The molecule has 20 heavy (non-hydrogen) atoms. The largest absolute Gasteiger partial charge is 0.376 e. The Bertz CT molecular complexity index is 652. The molecule has 104 valence electrons. The maximum atomic E-state index is 11.1. The van der Waals surface area contributed by atoms with Crippen LogP contribution in [-0.2, 0) is 6.54 Å². The van der Waals surface area contributed by atoms with Crippen molar-refractivity contribution >= 4 is 23.2 Å². The predicted octanol–water partition coefficient (Wildman–Crippen LogP) is 2.31. The number of carbonyl (C=O) groups excluding carboxylic acids is 1. The van der Waals surface area contributed by atoms with Crippen LogP contribution in [-0.4, -0.2) is 16.0 Å². The van der Waals surface area contributed by atoms with Gasteiger partial charge in [0.2, 0.25) is 11.8 Å². The highest BCUT2D eigenvalue weighted by molar-refractivity contribution is 6.34. The molecule has 3 N–H and O–H groups in total. The van der Waals surface area contributed by atoms with Crippen LogP contribution in [0.1, 0.15) is 40.8 Å². The summed E-state index contributed by atoms with van der Waals surface area (Å²) in [6.07, 6.45) is 2.27. The van der Waals surface area contributed by atoms with Crippen LogP contribution in [0.5, 0.6) is 0 Å². The average Bonchev–Trinajstić information content (AvgIpc) is 3.15. The topological polar surface area (TPSA) is 94.0 Å². The summed E-state index contributed by atoms with van der Waals surface area (Å²) in [5, 5.41) is 7.35. The zero-order valence-electron chi connectivity index (χ0n) is 10.6. The summed E-state index contributed by atoms with van der Waals surface area (Å²) < 4.78 is 5.15. The molecule has 7 heteroatoms. The summed E-state index contributed by atoms with van der Waals surface area (Å²) in [7, 11) is 0. The van der Waals surface area contributed by atoms with Crippen molar-refractivity contribution in [2.24, 2.45) is 5.73 Å². The number of benzene rings is 1. The second kappa shape index (κ2) is 5.13. The smallest absolute Gasteiger partial charge is 0.250 e. The van der Waals surface area contributed by atoms with Gasteiger partial charge in [-0.1, -0.05) is 16.8 Å². The molecule has 0 saturated heterocycles. The quantitative estimate of drug-likeness (QED) is 0.882. The van der Waals surface area contributed by atoms with Gasteiger partial charge in [-0.25, -0.2) is 0 Å². The summed E-state index contributed by atoms with van der Waals surface area (Å²) in [5.74, 6) is 1.23. The molecule has 0 atom stereocenters. The van der Waals surface area contributed by atoms with E-state index in [-0.39, 0.29) is 0 Å². The Hall–Kier alpha value is -2.08. The number of nitrogens with one attached hydrogen (secondary N) is 1. The Morgan fingerprint density at radius 3 is 2.95 bits per heavy atom. The number of rotatable bonds is 5. The van der Waals surface area contributed by atoms with Crippen molar-refractivity contribution in [1.29, 1.82) is 0 Å². The van der Waals surface area contributed by atoms with Crippen molar-refractivity contribution in [1.82, 2.24) is 10.1 Å². The molecule has 0 unspecified atom stereocenters. The van der Waals surface area contributed by atoms with Gasteiger partial charge in [-0.3, -0.25) is 4.79 Å². The lowest BCUT2D eigenvalue weighted by Crippen LogP contribution is -2.11. The van der Waals surface area contributed by atoms with Crippen LogP contribution < -0.4 is 11.1 Å². The molecule has 1 aliphatic carbocycles. The lowest BCUT2D eigenvalue weighted by molar-refractivity contribution is 0.100. The molecule has 1 fully saturated rings. The summed E-state index contributed by atoms with van der Waals surface area (Å²) >= 11 is 5.97. The number of primary amides is 1. The van der Waals surface area contributed by atoms with Crippen molar-refractivity contribution in [3.63, 3.8) is 0 Å². The third kappa shape index (κ3) is 2.75. The molecule has 1 saturated carbocycles. The SMILES string of the molecule is NC(=O)c1ccc(NCc2nc(C3CC3)no2)cc1Cl. The second-order valence-corrected chi connectivity index (χ2v) is 5.14. The number of anilines is 1. The molecular weight excluding hydrogens is 280 g/mol. The summed E-state index contributed by atoms with van der Waals surface area (Å²) in [5.41, 5.74) is 6.24. The number of carbonyl (C=O) groups is 1. The first-order valence-corrected chi connectivity index (χ1v) is 6.67. The minimum absolute atomic E-state index is 0.297. The molecule has 1 aliphatic rings. The number of hydrogen-bond donors (Lipinski definition) is 2. The number of hydrogen-bond acceptors (Lipinski definition) is 5. The highest BCUT2D eigenvalue weighted by atomic mass is 35.5. The van der Waals surface area contributed by atoms with E-state index in [1.54, 1.807) is 18.2 Å². The zero-order valence-corrected chi connectivity index (χ0v) is 11.4. The van der Waals surface area contributed by atoms with Crippen LogP contribution in [0.15, 0.2) is 22.7 Å². The molecular formula is C13H13ClN4O2. The van der Waals surface area contributed by atoms with Crippen molar-refractivity contribution in [3.8, 4) is 0 Å².